The van der Waals surface area contributed by atoms with Gasteiger partial charge in [-0.05, 0) is 162 Å². The maximum atomic E-state index is 12.9. The second-order valence-electron chi connectivity index (χ2n) is 18.5. The molecule has 4 saturated carbocycles. The molecule has 0 aliphatic heterocycles. The Hall–Kier alpha value is -2.89. The van der Waals surface area contributed by atoms with E-state index in [-0.39, 0.29) is 24.5 Å². The first kappa shape index (κ1) is 45.8. The highest BCUT2D eigenvalue weighted by molar-refractivity contribution is 5.81. The summed E-state index contributed by atoms with van der Waals surface area (Å²) in [5.74, 6) is 2.97. The lowest BCUT2D eigenvalue weighted by atomic mass is 9.44. The van der Waals surface area contributed by atoms with E-state index in [1.165, 1.54) is 64.2 Å². The van der Waals surface area contributed by atoms with Crippen LogP contribution in [-0.4, -0.2) is 35.6 Å². The number of carbonyl (C=O) groups is 3. The molecule has 6 nitrogen and oxygen atoms in total. The number of fused-ring (bicyclic) bond motifs is 5. The van der Waals surface area contributed by atoms with Crippen LogP contribution in [0.2, 0.25) is 0 Å². The van der Waals surface area contributed by atoms with Crippen molar-refractivity contribution in [2.45, 2.75) is 181 Å². The molecule has 56 heavy (non-hydrogen) atoms. The number of carboxylic acid groups (broad SMARTS) is 1. The number of aliphatic carboxylic acids is 1. The molecule has 0 saturated heterocycles. The SMILES string of the molecule is CC/C=C\C/C=C\C/C=C\C/C=C\C/C=C\CCCCCCCC(=O)OC1CCC2(C)C(CCC3C2CCC2(C)C(C(C)CCC(=O)NCC(=O)O)CCC32)C1. The minimum absolute atomic E-state index is 0.0185. The van der Waals surface area contributed by atoms with E-state index < -0.39 is 5.97 Å². The second-order valence-corrected chi connectivity index (χ2v) is 18.5. The molecule has 0 aromatic heterocycles. The van der Waals surface area contributed by atoms with Crippen LogP contribution >= 0.6 is 0 Å². The van der Waals surface area contributed by atoms with Crippen LogP contribution in [0, 0.1) is 46.3 Å². The molecule has 1 amide bonds. The molecule has 4 fully saturated rings. The molecule has 0 heterocycles. The van der Waals surface area contributed by atoms with Crippen molar-refractivity contribution in [3.8, 4) is 0 Å². The first-order valence-electron chi connectivity index (χ1n) is 23.0. The van der Waals surface area contributed by atoms with Gasteiger partial charge in [-0.3, -0.25) is 14.4 Å². The predicted molar refractivity (Wildman–Crippen MR) is 231 cm³/mol. The lowest BCUT2D eigenvalue weighted by Crippen LogP contribution is -2.54. The summed E-state index contributed by atoms with van der Waals surface area (Å²) in [7, 11) is 0. The van der Waals surface area contributed by atoms with Gasteiger partial charge in [0.15, 0.2) is 0 Å². The fourth-order valence-electron chi connectivity index (χ4n) is 11.8. The summed E-state index contributed by atoms with van der Waals surface area (Å²) in [4.78, 5) is 36.0. The van der Waals surface area contributed by atoms with E-state index in [0.717, 1.165) is 88.4 Å². The van der Waals surface area contributed by atoms with Gasteiger partial charge in [-0.15, -0.1) is 0 Å². The highest BCUT2D eigenvalue weighted by atomic mass is 16.5. The molecule has 314 valence electrons. The lowest BCUT2D eigenvalue weighted by molar-refractivity contribution is -0.162. The molecule has 0 radical (unpaired) electrons. The van der Waals surface area contributed by atoms with Crippen LogP contribution in [0.5, 0.6) is 0 Å². The van der Waals surface area contributed by atoms with Crippen LogP contribution in [-0.2, 0) is 19.1 Å². The van der Waals surface area contributed by atoms with E-state index in [1.807, 2.05) is 0 Å². The van der Waals surface area contributed by atoms with E-state index in [9.17, 15) is 14.4 Å². The Bertz CT molecular complexity index is 1360. The number of rotatable bonds is 24. The van der Waals surface area contributed by atoms with E-state index in [0.29, 0.717) is 41.4 Å². The van der Waals surface area contributed by atoms with Crippen molar-refractivity contribution in [3.05, 3.63) is 60.8 Å². The van der Waals surface area contributed by atoms with E-state index >= 15 is 0 Å². The van der Waals surface area contributed by atoms with Gasteiger partial charge in [0.25, 0.3) is 0 Å². The molecular weight excluding hydrogens is 695 g/mol. The van der Waals surface area contributed by atoms with Crippen molar-refractivity contribution < 1.29 is 24.2 Å². The first-order chi connectivity index (χ1) is 27.1. The number of ether oxygens (including phenoxy) is 1. The fourth-order valence-corrected chi connectivity index (χ4v) is 11.8. The highest BCUT2D eigenvalue weighted by Gasteiger charge is 2.60. The Balaban J connectivity index is 1.05. The maximum absolute atomic E-state index is 12.9. The van der Waals surface area contributed by atoms with Crippen LogP contribution in [0.4, 0.5) is 0 Å². The van der Waals surface area contributed by atoms with Crippen LogP contribution in [0.1, 0.15) is 175 Å². The topological polar surface area (TPSA) is 92.7 Å². The highest BCUT2D eigenvalue weighted by Crippen LogP contribution is 2.68. The average Bonchev–Trinajstić information content (AvgIpc) is 3.54. The van der Waals surface area contributed by atoms with Crippen molar-refractivity contribution in [1.82, 2.24) is 5.32 Å². The summed E-state index contributed by atoms with van der Waals surface area (Å²) in [6.45, 7) is 9.34. The normalized spacial score (nSPS) is 30.9. The Labute approximate surface area is 341 Å². The zero-order chi connectivity index (χ0) is 40.2. The van der Waals surface area contributed by atoms with Crippen LogP contribution in [0.15, 0.2) is 60.8 Å². The molecular formula is C50H79NO5. The molecule has 6 heteroatoms. The molecule has 4 rings (SSSR count). The minimum Gasteiger partial charge on any atom is -0.480 e. The molecule has 0 bridgehead atoms. The maximum Gasteiger partial charge on any atom is 0.322 e. The Kier molecular flexibility index (Phi) is 19.7. The van der Waals surface area contributed by atoms with Gasteiger partial charge in [-0.2, -0.15) is 0 Å². The van der Waals surface area contributed by atoms with Crippen molar-refractivity contribution in [2.75, 3.05) is 6.54 Å². The standard InChI is InChI=1S/C50H79NO5/c1-5-6-7-8-9-10-11-12-13-14-15-16-17-18-19-20-21-22-23-24-25-26-48(55)56-41-33-35-49(3)40(37-41)28-29-42-44-31-30-43(50(44,4)36-34-45(42)49)39(2)27-32-46(52)51-38-47(53)54/h6-7,9-10,12-13,15-16,18-19,39-45H,5,8,11,14,17,20-38H2,1-4H3,(H,51,52)(H,53,54)/b7-6-,10-9-,13-12-,16-15-,19-18-. The summed E-state index contributed by atoms with van der Waals surface area (Å²) in [6.07, 6.45) is 47.3. The summed E-state index contributed by atoms with van der Waals surface area (Å²) >= 11 is 0. The third-order valence-corrected chi connectivity index (χ3v) is 14.8. The number of esters is 1. The molecule has 4 aliphatic rings. The smallest absolute Gasteiger partial charge is 0.322 e. The third-order valence-electron chi connectivity index (χ3n) is 14.8. The Morgan fingerprint density at radius 2 is 1.32 bits per heavy atom. The fraction of sp³-hybridized carbons (Fsp3) is 0.740. The number of carboxylic acids is 1. The molecule has 0 aromatic carbocycles. The van der Waals surface area contributed by atoms with Crippen molar-refractivity contribution in [2.24, 2.45) is 46.3 Å². The molecule has 4 aliphatic carbocycles. The number of allylic oxidation sites excluding steroid dienone is 10. The monoisotopic (exact) mass is 774 g/mol. The number of hydrogen-bond acceptors (Lipinski definition) is 4. The Morgan fingerprint density at radius 3 is 2.00 bits per heavy atom. The van der Waals surface area contributed by atoms with Crippen molar-refractivity contribution >= 4 is 17.8 Å². The van der Waals surface area contributed by atoms with Gasteiger partial charge < -0.3 is 15.2 Å². The lowest BCUT2D eigenvalue weighted by Gasteiger charge is -2.61. The van der Waals surface area contributed by atoms with Crippen molar-refractivity contribution in [1.29, 1.82) is 0 Å². The quantitative estimate of drug-likeness (QED) is 0.0579. The summed E-state index contributed by atoms with van der Waals surface area (Å²) < 4.78 is 6.14. The molecule has 0 spiro atoms. The second kappa shape index (κ2) is 24.1. The number of carbonyl (C=O) groups excluding carboxylic acids is 2. The third kappa shape index (κ3) is 13.9. The van der Waals surface area contributed by atoms with E-state index in [1.54, 1.807) is 0 Å². The zero-order valence-electron chi connectivity index (χ0n) is 35.9. The molecule has 0 aromatic rings. The van der Waals surface area contributed by atoms with Gasteiger partial charge in [0, 0.05) is 12.8 Å². The van der Waals surface area contributed by atoms with Gasteiger partial charge >= 0.3 is 11.9 Å². The number of unbranched alkanes of at least 4 members (excludes halogenated alkanes) is 5. The van der Waals surface area contributed by atoms with Crippen LogP contribution in [0.3, 0.4) is 0 Å². The number of hydrogen-bond donors (Lipinski definition) is 2. The van der Waals surface area contributed by atoms with Crippen LogP contribution in [0.25, 0.3) is 0 Å². The van der Waals surface area contributed by atoms with E-state index in [4.69, 9.17) is 9.84 Å². The van der Waals surface area contributed by atoms with Gasteiger partial charge in [0.2, 0.25) is 5.91 Å². The van der Waals surface area contributed by atoms with Crippen molar-refractivity contribution in [3.63, 3.8) is 0 Å². The van der Waals surface area contributed by atoms with Crippen LogP contribution < -0.4 is 5.32 Å². The summed E-state index contributed by atoms with van der Waals surface area (Å²) in [5.41, 5.74) is 0.691. The van der Waals surface area contributed by atoms with E-state index in [2.05, 4.69) is 93.8 Å². The average molecular weight is 774 g/mol. The first-order valence-corrected chi connectivity index (χ1v) is 23.0. The molecule has 9 unspecified atom stereocenters. The summed E-state index contributed by atoms with van der Waals surface area (Å²) in [5, 5.41) is 11.4. The Morgan fingerprint density at radius 1 is 0.714 bits per heavy atom. The van der Waals surface area contributed by atoms with Gasteiger partial charge in [-0.1, -0.05) is 108 Å². The van der Waals surface area contributed by atoms with Gasteiger partial charge in [0.1, 0.15) is 12.6 Å². The number of nitrogens with one attached hydrogen (secondary N) is 1. The van der Waals surface area contributed by atoms with Gasteiger partial charge in [-0.25, -0.2) is 0 Å². The zero-order valence-corrected chi connectivity index (χ0v) is 35.9. The molecule has 2 N–H and O–H groups in total. The largest absolute Gasteiger partial charge is 0.480 e. The minimum atomic E-state index is -0.992. The van der Waals surface area contributed by atoms with Gasteiger partial charge in [0.05, 0.1) is 0 Å². The summed E-state index contributed by atoms with van der Waals surface area (Å²) in [6, 6.07) is 0. The molecule has 9 atom stereocenters. The predicted octanol–water partition coefficient (Wildman–Crippen LogP) is 12.7. The number of amides is 1.